The highest BCUT2D eigenvalue weighted by Gasteiger charge is 2.33. The summed E-state index contributed by atoms with van der Waals surface area (Å²) in [7, 11) is 0. The Hall–Kier alpha value is -2.47. The summed E-state index contributed by atoms with van der Waals surface area (Å²) in [4.78, 5) is 27.3. The SMILES string of the molecule is O=C(O)C1CCCN1C(=O)Cc1ccc2c(c1)Oc1ccccc1S2. The summed E-state index contributed by atoms with van der Waals surface area (Å²) in [6.45, 7) is 0.514. The van der Waals surface area contributed by atoms with Crippen LogP contribution in [0.5, 0.6) is 11.5 Å². The number of carbonyl (C=O) groups excluding carboxylic acids is 1. The highest BCUT2D eigenvalue weighted by atomic mass is 32.2. The Morgan fingerprint density at radius 3 is 2.80 bits per heavy atom. The lowest BCUT2D eigenvalue weighted by Gasteiger charge is -2.22. The monoisotopic (exact) mass is 355 g/mol. The summed E-state index contributed by atoms with van der Waals surface area (Å²) in [6.07, 6.45) is 1.46. The molecule has 0 saturated carbocycles. The van der Waals surface area contributed by atoms with Crippen molar-refractivity contribution in [3.05, 3.63) is 48.0 Å². The van der Waals surface area contributed by atoms with Gasteiger partial charge in [0.15, 0.2) is 0 Å². The normalized spacial score (nSPS) is 18.2. The first-order valence-electron chi connectivity index (χ1n) is 8.22. The molecule has 1 fully saturated rings. The Morgan fingerprint density at radius 2 is 1.96 bits per heavy atom. The van der Waals surface area contributed by atoms with Gasteiger partial charge in [-0.05, 0) is 42.7 Å². The van der Waals surface area contributed by atoms with E-state index in [-0.39, 0.29) is 12.3 Å². The van der Waals surface area contributed by atoms with Crippen LogP contribution in [-0.4, -0.2) is 34.5 Å². The molecule has 0 bridgehead atoms. The largest absolute Gasteiger partial charge is 0.480 e. The van der Waals surface area contributed by atoms with Crippen LogP contribution in [0.4, 0.5) is 0 Å². The minimum absolute atomic E-state index is 0.145. The van der Waals surface area contributed by atoms with E-state index in [1.54, 1.807) is 11.8 Å². The fraction of sp³-hybridized carbons (Fsp3) is 0.263. The van der Waals surface area contributed by atoms with Gasteiger partial charge in [0.05, 0.1) is 16.2 Å². The summed E-state index contributed by atoms with van der Waals surface area (Å²) in [5.41, 5.74) is 0.833. The third-order valence-corrected chi connectivity index (χ3v) is 5.63. The fourth-order valence-corrected chi connectivity index (χ4v) is 4.21. The van der Waals surface area contributed by atoms with Crippen molar-refractivity contribution in [2.24, 2.45) is 0 Å². The van der Waals surface area contributed by atoms with Crippen LogP contribution in [0.25, 0.3) is 0 Å². The van der Waals surface area contributed by atoms with Gasteiger partial charge in [-0.3, -0.25) is 4.79 Å². The van der Waals surface area contributed by atoms with Crippen molar-refractivity contribution in [1.29, 1.82) is 0 Å². The maximum absolute atomic E-state index is 12.5. The number of ether oxygens (including phenoxy) is 1. The number of hydrogen-bond donors (Lipinski definition) is 1. The van der Waals surface area contributed by atoms with Crippen LogP contribution in [-0.2, 0) is 16.0 Å². The Kier molecular flexibility index (Phi) is 4.13. The van der Waals surface area contributed by atoms with Gasteiger partial charge in [-0.1, -0.05) is 30.0 Å². The second kappa shape index (κ2) is 6.44. The average molecular weight is 355 g/mol. The van der Waals surface area contributed by atoms with Crippen molar-refractivity contribution in [2.75, 3.05) is 6.54 Å². The number of fused-ring (bicyclic) bond motifs is 2. The average Bonchev–Trinajstić information content (AvgIpc) is 3.10. The van der Waals surface area contributed by atoms with Crippen LogP contribution < -0.4 is 4.74 Å². The molecule has 1 atom stereocenters. The fourth-order valence-electron chi connectivity index (χ4n) is 3.28. The zero-order valence-corrected chi connectivity index (χ0v) is 14.3. The molecule has 2 aromatic rings. The molecule has 2 heterocycles. The summed E-state index contributed by atoms with van der Waals surface area (Å²) < 4.78 is 5.94. The van der Waals surface area contributed by atoms with E-state index in [0.717, 1.165) is 33.3 Å². The second-order valence-corrected chi connectivity index (χ2v) is 7.28. The van der Waals surface area contributed by atoms with Crippen LogP contribution in [0.15, 0.2) is 52.3 Å². The zero-order valence-electron chi connectivity index (χ0n) is 13.5. The molecule has 1 amide bonds. The quantitative estimate of drug-likeness (QED) is 0.778. The molecule has 25 heavy (non-hydrogen) atoms. The summed E-state index contributed by atoms with van der Waals surface area (Å²) in [5.74, 6) is 0.487. The van der Waals surface area contributed by atoms with Crippen molar-refractivity contribution in [1.82, 2.24) is 4.90 Å². The number of carbonyl (C=O) groups is 2. The van der Waals surface area contributed by atoms with Crippen LogP contribution in [0.2, 0.25) is 0 Å². The van der Waals surface area contributed by atoms with Crippen molar-refractivity contribution in [3.63, 3.8) is 0 Å². The molecule has 1 unspecified atom stereocenters. The number of carboxylic acid groups (broad SMARTS) is 1. The standard InChI is InChI=1S/C19H17NO4S/c21-18(20-9-3-4-13(20)19(22)23)11-12-7-8-17-15(10-12)24-14-5-1-2-6-16(14)25-17/h1-2,5-8,10,13H,3-4,9,11H2,(H,22,23). The minimum atomic E-state index is -0.923. The maximum atomic E-state index is 12.5. The van der Waals surface area contributed by atoms with Gasteiger partial charge in [-0.25, -0.2) is 4.79 Å². The smallest absolute Gasteiger partial charge is 0.326 e. The van der Waals surface area contributed by atoms with Crippen LogP contribution >= 0.6 is 11.8 Å². The van der Waals surface area contributed by atoms with E-state index in [9.17, 15) is 14.7 Å². The van der Waals surface area contributed by atoms with E-state index in [4.69, 9.17) is 4.74 Å². The van der Waals surface area contributed by atoms with Crippen molar-refractivity contribution < 1.29 is 19.4 Å². The molecule has 128 valence electrons. The molecular formula is C19H17NO4S. The van der Waals surface area contributed by atoms with Gasteiger partial charge in [0.2, 0.25) is 5.91 Å². The highest BCUT2D eigenvalue weighted by Crippen LogP contribution is 2.46. The lowest BCUT2D eigenvalue weighted by molar-refractivity contribution is -0.148. The number of nitrogens with zero attached hydrogens (tertiary/aromatic N) is 1. The van der Waals surface area contributed by atoms with Gasteiger partial charge in [0, 0.05) is 6.54 Å². The molecule has 2 aromatic carbocycles. The van der Waals surface area contributed by atoms with E-state index in [0.29, 0.717) is 13.0 Å². The Bertz CT molecular complexity index is 851. The topological polar surface area (TPSA) is 66.8 Å². The summed E-state index contributed by atoms with van der Waals surface area (Å²) in [6, 6.07) is 12.9. The zero-order chi connectivity index (χ0) is 17.4. The number of benzene rings is 2. The first kappa shape index (κ1) is 16.0. The van der Waals surface area contributed by atoms with Crippen LogP contribution in [0, 0.1) is 0 Å². The van der Waals surface area contributed by atoms with Crippen molar-refractivity contribution in [3.8, 4) is 11.5 Å². The molecule has 0 spiro atoms. The van der Waals surface area contributed by atoms with E-state index in [2.05, 4.69) is 0 Å². The predicted octanol–water partition coefficient (Wildman–Crippen LogP) is 3.56. The molecule has 6 heteroatoms. The van der Waals surface area contributed by atoms with Crippen LogP contribution in [0.3, 0.4) is 0 Å². The predicted molar refractivity (Wildman–Crippen MR) is 93.2 cm³/mol. The van der Waals surface area contributed by atoms with Gasteiger partial charge >= 0.3 is 5.97 Å². The molecule has 2 aliphatic heterocycles. The molecule has 0 radical (unpaired) electrons. The number of aliphatic carboxylic acids is 1. The maximum Gasteiger partial charge on any atom is 0.326 e. The molecule has 1 N–H and O–H groups in total. The van der Waals surface area contributed by atoms with Gasteiger partial charge in [0.1, 0.15) is 17.5 Å². The first-order chi connectivity index (χ1) is 12.1. The third kappa shape index (κ3) is 3.09. The number of para-hydroxylation sites is 1. The third-order valence-electron chi connectivity index (χ3n) is 4.51. The molecule has 4 rings (SSSR count). The molecule has 1 saturated heterocycles. The molecular weight excluding hydrogens is 338 g/mol. The van der Waals surface area contributed by atoms with E-state index >= 15 is 0 Å². The Labute approximate surface area is 149 Å². The van der Waals surface area contributed by atoms with E-state index < -0.39 is 12.0 Å². The molecule has 0 aromatic heterocycles. The number of amides is 1. The lowest BCUT2D eigenvalue weighted by atomic mass is 10.1. The van der Waals surface area contributed by atoms with Gasteiger partial charge in [0.25, 0.3) is 0 Å². The highest BCUT2D eigenvalue weighted by molar-refractivity contribution is 7.99. The van der Waals surface area contributed by atoms with E-state index in [1.165, 1.54) is 4.90 Å². The van der Waals surface area contributed by atoms with Crippen LogP contribution in [0.1, 0.15) is 18.4 Å². The van der Waals surface area contributed by atoms with Crippen molar-refractivity contribution >= 4 is 23.6 Å². The Morgan fingerprint density at radius 1 is 1.16 bits per heavy atom. The summed E-state index contributed by atoms with van der Waals surface area (Å²) in [5, 5.41) is 9.23. The number of rotatable bonds is 3. The van der Waals surface area contributed by atoms with Gasteiger partial charge < -0.3 is 14.7 Å². The van der Waals surface area contributed by atoms with Crippen molar-refractivity contribution in [2.45, 2.75) is 35.1 Å². The minimum Gasteiger partial charge on any atom is -0.480 e. The molecule has 5 nitrogen and oxygen atoms in total. The number of likely N-dealkylation sites (tertiary alicyclic amines) is 1. The lowest BCUT2D eigenvalue weighted by Crippen LogP contribution is -2.41. The molecule has 2 aliphatic rings. The second-order valence-electron chi connectivity index (χ2n) is 6.19. The first-order valence-corrected chi connectivity index (χ1v) is 9.03. The Balaban J connectivity index is 1.52. The number of carboxylic acids is 1. The van der Waals surface area contributed by atoms with E-state index in [1.807, 2.05) is 42.5 Å². The number of hydrogen-bond acceptors (Lipinski definition) is 4. The molecule has 0 aliphatic carbocycles. The van der Waals surface area contributed by atoms with Gasteiger partial charge in [-0.15, -0.1) is 0 Å². The van der Waals surface area contributed by atoms with Gasteiger partial charge in [-0.2, -0.15) is 0 Å². The summed E-state index contributed by atoms with van der Waals surface area (Å²) >= 11 is 1.64.